The lowest BCUT2D eigenvalue weighted by Gasteiger charge is -2.35. The van der Waals surface area contributed by atoms with Crippen molar-refractivity contribution in [3.8, 4) is 0 Å². The van der Waals surface area contributed by atoms with Crippen LogP contribution in [0.5, 0.6) is 0 Å². The smallest absolute Gasteiger partial charge is 0.270 e. The molecule has 1 fully saturated rings. The summed E-state index contributed by atoms with van der Waals surface area (Å²) in [4.78, 5) is 37.6. The third-order valence-corrected chi connectivity index (χ3v) is 4.21. The van der Waals surface area contributed by atoms with E-state index < -0.39 is 4.92 Å². The molecule has 8 heteroatoms. The van der Waals surface area contributed by atoms with E-state index in [2.05, 4.69) is 10.2 Å². The number of piperidine rings is 1. The van der Waals surface area contributed by atoms with E-state index in [-0.39, 0.29) is 28.9 Å². The first-order valence-corrected chi connectivity index (χ1v) is 8.38. The minimum atomic E-state index is -0.558. The zero-order chi connectivity index (χ0) is 19.0. The van der Waals surface area contributed by atoms with Gasteiger partial charge in [-0.3, -0.25) is 19.7 Å². The Morgan fingerprint density at radius 2 is 1.96 bits per heavy atom. The quantitative estimate of drug-likeness (QED) is 0.499. The molecule has 8 nitrogen and oxygen atoms in total. The molecule has 138 valence electrons. The first-order valence-electron chi connectivity index (χ1n) is 8.38. The summed E-state index contributed by atoms with van der Waals surface area (Å²) >= 11 is 0. The van der Waals surface area contributed by atoms with E-state index in [0.29, 0.717) is 6.41 Å². The lowest BCUT2D eigenvalue weighted by Crippen LogP contribution is -2.44. The van der Waals surface area contributed by atoms with Crippen LogP contribution < -0.4 is 5.32 Å². The van der Waals surface area contributed by atoms with Crippen LogP contribution in [0.15, 0.2) is 18.2 Å². The molecular formula is C17H26N4O4. The Morgan fingerprint density at radius 1 is 1.36 bits per heavy atom. The highest BCUT2D eigenvalue weighted by Gasteiger charge is 2.27. The molecule has 0 atom stereocenters. The lowest BCUT2D eigenvalue weighted by molar-refractivity contribution is -0.384. The molecule has 0 unspecified atom stereocenters. The number of nitro groups is 1. The van der Waals surface area contributed by atoms with E-state index in [0.717, 1.165) is 25.9 Å². The van der Waals surface area contributed by atoms with Gasteiger partial charge in [-0.05, 0) is 39.0 Å². The third-order valence-electron chi connectivity index (χ3n) is 4.21. The van der Waals surface area contributed by atoms with Crippen LogP contribution in [0.2, 0.25) is 0 Å². The Hall–Kier alpha value is -2.48. The van der Waals surface area contributed by atoms with Gasteiger partial charge in [-0.15, -0.1) is 0 Å². The van der Waals surface area contributed by atoms with Gasteiger partial charge in [0.1, 0.15) is 0 Å². The summed E-state index contributed by atoms with van der Waals surface area (Å²) in [6.07, 6.45) is 2.15. The molecule has 1 heterocycles. The van der Waals surface area contributed by atoms with Crippen molar-refractivity contribution in [2.75, 3.05) is 32.5 Å². The van der Waals surface area contributed by atoms with Crippen molar-refractivity contribution in [3.63, 3.8) is 0 Å². The first-order chi connectivity index (χ1) is 11.9. The standard InChI is InChI=1S/C15H20N4O4.C2H6/c1-17-7-5-11(6-8-17)18(2)15(21)13-9-12(19(22)23)3-4-14(13)16-10-20;1-2/h3-4,9-11H,5-8H2,1-2H3,(H,16,20);1-2H3. The minimum Gasteiger partial charge on any atom is -0.339 e. The van der Waals surface area contributed by atoms with Crippen molar-refractivity contribution in [1.82, 2.24) is 9.80 Å². The van der Waals surface area contributed by atoms with Crippen molar-refractivity contribution in [3.05, 3.63) is 33.9 Å². The van der Waals surface area contributed by atoms with Crippen LogP contribution in [-0.4, -0.2) is 60.3 Å². The summed E-state index contributed by atoms with van der Waals surface area (Å²) in [5, 5.41) is 13.4. The molecule has 0 spiro atoms. The van der Waals surface area contributed by atoms with Gasteiger partial charge in [0.2, 0.25) is 6.41 Å². The van der Waals surface area contributed by atoms with Crippen molar-refractivity contribution in [1.29, 1.82) is 0 Å². The fourth-order valence-electron chi connectivity index (χ4n) is 2.75. The molecule has 2 rings (SSSR count). The number of nitrogens with zero attached hydrogens (tertiary/aromatic N) is 3. The number of nitro benzene ring substituents is 1. The third kappa shape index (κ3) is 5.25. The molecule has 0 aromatic heterocycles. The Labute approximate surface area is 147 Å². The second-order valence-corrected chi connectivity index (χ2v) is 5.70. The zero-order valence-electron chi connectivity index (χ0n) is 15.2. The molecule has 1 saturated heterocycles. The van der Waals surface area contributed by atoms with Crippen molar-refractivity contribution >= 4 is 23.7 Å². The number of nitrogens with one attached hydrogen (secondary N) is 1. The molecule has 1 aromatic carbocycles. The van der Waals surface area contributed by atoms with Gasteiger partial charge in [-0.2, -0.15) is 0 Å². The highest BCUT2D eigenvalue weighted by Crippen LogP contribution is 2.25. The van der Waals surface area contributed by atoms with Crippen molar-refractivity contribution in [2.24, 2.45) is 0 Å². The van der Waals surface area contributed by atoms with E-state index >= 15 is 0 Å². The maximum atomic E-state index is 12.7. The van der Waals surface area contributed by atoms with Gasteiger partial charge in [0.25, 0.3) is 11.6 Å². The predicted molar refractivity (Wildman–Crippen MR) is 96.7 cm³/mol. The first kappa shape index (κ1) is 20.6. The number of hydrogen-bond donors (Lipinski definition) is 1. The van der Waals surface area contributed by atoms with E-state index in [4.69, 9.17) is 0 Å². The van der Waals surface area contributed by atoms with Gasteiger partial charge < -0.3 is 15.1 Å². The van der Waals surface area contributed by atoms with Gasteiger partial charge in [0, 0.05) is 25.2 Å². The number of likely N-dealkylation sites (tertiary alicyclic amines) is 1. The largest absolute Gasteiger partial charge is 0.339 e. The molecule has 0 saturated carbocycles. The number of carbonyl (C=O) groups excluding carboxylic acids is 2. The second-order valence-electron chi connectivity index (χ2n) is 5.70. The van der Waals surface area contributed by atoms with Crippen LogP contribution in [-0.2, 0) is 4.79 Å². The summed E-state index contributed by atoms with van der Waals surface area (Å²) in [6, 6.07) is 3.93. The van der Waals surface area contributed by atoms with Gasteiger partial charge in [0.05, 0.1) is 16.2 Å². The number of benzene rings is 1. The summed E-state index contributed by atoms with van der Waals surface area (Å²) in [5.41, 5.74) is 0.227. The Balaban J connectivity index is 0.00000151. The van der Waals surface area contributed by atoms with Gasteiger partial charge >= 0.3 is 0 Å². The summed E-state index contributed by atoms with van der Waals surface area (Å²) in [6.45, 7) is 5.80. The minimum absolute atomic E-state index is 0.0852. The Bertz CT molecular complexity index is 613. The number of carbonyl (C=O) groups is 2. The SMILES string of the molecule is CC.CN1CCC(N(C)C(=O)c2cc([N+](=O)[O-])ccc2NC=O)CC1. The normalized spacial score (nSPS) is 14.9. The molecule has 0 bridgehead atoms. The lowest BCUT2D eigenvalue weighted by atomic mass is 10.0. The van der Waals surface area contributed by atoms with E-state index in [1.54, 1.807) is 11.9 Å². The number of hydrogen-bond acceptors (Lipinski definition) is 5. The maximum Gasteiger partial charge on any atom is 0.270 e. The van der Waals surface area contributed by atoms with Crippen molar-refractivity contribution in [2.45, 2.75) is 32.7 Å². The van der Waals surface area contributed by atoms with Crippen molar-refractivity contribution < 1.29 is 14.5 Å². The van der Waals surface area contributed by atoms with Gasteiger partial charge in [-0.25, -0.2) is 0 Å². The average Bonchev–Trinajstić information content (AvgIpc) is 2.63. The maximum absolute atomic E-state index is 12.7. The topological polar surface area (TPSA) is 95.8 Å². The molecule has 1 aliphatic heterocycles. The summed E-state index contributed by atoms with van der Waals surface area (Å²) < 4.78 is 0. The van der Waals surface area contributed by atoms with Gasteiger partial charge in [0.15, 0.2) is 0 Å². The van der Waals surface area contributed by atoms with Crippen LogP contribution >= 0.6 is 0 Å². The highest BCUT2D eigenvalue weighted by atomic mass is 16.6. The van der Waals surface area contributed by atoms with E-state index in [9.17, 15) is 19.7 Å². The van der Waals surface area contributed by atoms with Crippen LogP contribution in [0.4, 0.5) is 11.4 Å². The molecule has 0 aliphatic carbocycles. The average molecular weight is 350 g/mol. The zero-order valence-corrected chi connectivity index (χ0v) is 15.2. The number of amides is 2. The molecular weight excluding hydrogens is 324 g/mol. The molecule has 2 amide bonds. The monoisotopic (exact) mass is 350 g/mol. The van der Waals surface area contributed by atoms with Crippen LogP contribution in [0.25, 0.3) is 0 Å². The molecule has 1 aromatic rings. The molecule has 1 N–H and O–H groups in total. The number of anilines is 1. The Morgan fingerprint density at radius 3 is 2.48 bits per heavy atom. The second kappa shape index (κ2) is 9.73. The van der Waals surface area contributed by atoms with E-state index in [1.165, 1.54) is 18.2 Å². The summed E-state index contributed by atoms with van der Waals surface area (Å²) in [7, 11) is 3.73. The fourth-order valence-corrected chi connectivity index (χ4v) is 2.75. The van der Waals surface area contributed by atoms with Crippen LogP contribution in [0.1, 0.15) is 37.0 Å². The number of non-ortho nitro benzene ring substituents is 1. The Kier molecular flexibility index (Phi) is 8.00. The molecule has 0 radical (unpaired) electrons. The van der Waals surface area contributed by atoms with E-state index in [1.807, 2.05) is 20.9 Å². The van der Waals surface area contributed by atoms with Crippen LogP contribution in [0.3, 0.4) is 0 Å². The van der Waals surface area contributed by atoms with Gasteiger partial charge in [-0.1, -0.05) is 13.8 Å². The molecule has 1 aliphatic rings. The molecule has 25 heavy (non-hydrogen) atoms. The highest BCUT2D eigenvalue weighted by molar-refractivity contribution is 6.02. The predicted octanol–water partition coefficient (Wildman–Crippen LogP) is 2.36. The summed E-state index contributed by atoms with van der Waals surface area (Å²) in [5.74, 6) is -0.326. The fraction of sp³-hybridized carbons (Fsp3) is 0.529. The van der Waals surface area contributed by atoms with Crippen LogP contribution in [0, 0.1) is 10.1 Å². The number of rotatable bonds is 5.